The van der Waals surface area contributed by atoms with Gasteiger partial charge in [-0.3, -0.25) is 0 Å². The minimum absolute atomic E-state index is 0.0940. The van der Waals surface area contributed by atoms with Gasteiger partial charge in [0.25, 0.3) is 0 Å². The molecule has 0 rings (SSSR count). The maximum atomic E-state index is 11.0. The van der Waals surface area contributed by atoms with Gasteiger partial charge in [0, 0.05) is 6.42 Å². The topological polar surface area (TPSA) is 59.3 Å². The molecule has 1 unspecified atom stereocenters. The van der Waals surface area contributed by atoms with Crippen LogP contribution in [0.25, 0.3) is 0 Å². The molecule has 0 spiro atoms. The van der Waals surface area contributed by atoms with Crippen LogP contribution < -0.4 is 0 Å². The fourth-order valence-electron chi connectivity index (χ4n) is 0.970. The molecule has 0 saturated carbocycles. The molecule has 80 valence electrons. The van der Waals surface area contributed by atoms with Crippen LogP contribution in [0.15, 0.2) is 0 Å². The van der Waals surface area contributed by atoms with E-state index in [9.17, 15) is 4.79 Å². The van der Waals surface area contributed by atoms with Gasteiger partial charge in [0.05, 0.1) is 12.7 Å². The van der Waals surface area contributed by atoms with Gasteiger partial charge in [0.1, 0.15) is 6.10 Å². The number of hydrogen-bond acceptors (Lipinski definition) is 4. The molecule has 0 aromatic carbocycles. The normalized spacial score (nSPS) is 11.5. The first-order chi connectivity index (χ1) is 6.70. The van der Waals surface area contributed by atoms with Crippen LogP contribution in [0.1, 0.15) is 39.5 Å². The number of unbranched alkanes of at least 4 members (excludes halogenated alkanes) is 1. The van der Waals surface area contributed by atoms with Crippen LogP contribution in [0.3, 0.4) is 0 Å². The second-order valence-electron chi connectivity index (χ2n) is 3.08. The molecule has 0 amide bonds. The van der Waals surface area contributed by atoms with Crippen LogP contribution in [0.5, 0.6) is 0 Å². The Kier molecular flexibility index (Phi) is 7.62. The predicted octanol–water partition coefficient (Wildman–Crippen LogP) is 2.63. The van der Waals surface area contributed by atoms with Crippen LogP contribution >= 0.6 is 0 Å². The van der Waals surface area contributed by atoms with E-state index in [1.54, 1.807) is 0 Å². The van der Waals surface area contributed by atoms with E-state index < -0.39 is 6.16 Å². The molecule has 4 heteroatoms. The van der Waals surface area contributed by atoms with Crippen molar-refractivity contribution in [1.82, 2.24) is 0 Å². The van der Waals surface area contributed by atoms with Crippen molar-refractivity contribution in [3.05, 3.63) is 0 Å². The van der Waals surface area contributed by atoms with Crippen molar-refractivity contribution in [2.24, 2.45) is 0 Å². The van der Waals surface area contributed by atoms with E-state index in [0.29, 0.717) is 12.8 Å². The molecule has 0 heterocycles. The van der Waals surface area contributed by atoms with E-state index >= 15 is 0 Å². The summed E-state index contributed by atoms with van der Waals surface area (Å²) in [5, 5.41) is 8.23. The van der Waals surface area contributed by atoms with Crippen LogP contribution in [-0.2, 0) is 9.47 Å². The number of nitriles is 1. The highest BCUT2D eigenvalue weighted by Crippen LogP contribution is 2.02. The molecule has 0 radical (unpaired) electrons. The second kappa shape index (κ2) is 8.36. The SMILES string of the molecule is CCCC(C)OC(=O)OCCCC#N. The molecule has 0 fully saturated rings. The number of carbonyl (C=O) groups is 1. The van der Waals surface area contributed by atoms with Gasteiger partial charge in [-0.1, -0.05) is 13.3 Å². The maximum absolute atomic E-state index is 11.0. The van der Waals surface area contributed by atoms with Crippen molar-refractivity contribution in [1.29, 1.82) is 5.26 Å². The molecule has 4 nitrogen and oxygen atoms in total. The maximum Gasteiger partial charge on any atom is 0.508 e. The first kappa shape index (κ1) is 12.8. The largest absolute Gasteiger partial charge is 0.508 e. The van der Waals surface area contributed by atoms with Gasteiger partial charge in [0.15, 0.2) is 0 Å². The lowest BCUT2D eigenvalue weighted by Gasteiger charge is -2.11. The van der Waals surface area contributed by atoms with Crippen molar-refractivity contribution in [3.8, 4) is 6.07 Å². The van der Waals surface area contributed by atoms with E-state index in [4.69, 9.17) is 14.7 Å². The molecule has 0 aliphatic heterocycles. The number of ether oxygens (including phenoxy) is 2. The molecule has 1 atom stereocenters. The molecule has 0 N–H and O–H groups in total. The highest BCUT2D eigenvalue weighted by atomic mass is 16.7. The zero-order chi connectivity index (χ0) is 10.8. The van der Waals surface area contributed by atoms with Crippen LogP contribution in [0, 0.1) is 11.3 Å². The van der Waals surface area contributed by atoms with Crippen molar-refractivity contribution in [2.75, 3.05) is 6.61 Å². The Balaban J connectivity index is 3.41. The highest BCUT2D eigenvalue weighted by Gasteiger charge is 2.08. The Morgan fingerprint density at radius 3 is 2.86 bits per heavy atom. The van der Waals surface area contributed by atoms with E-state index in [-0.39, 0.29) is 12.7 Å². The lowest BCUT2D eigenvalue weighted by Crippen LogP contribution is -2.16. The molecular formula is C10H17NO3. The van der Waals surface area contributed by atoms with Gasteiger partial charge >= 0.3 is 6.16 Å². The van der Waals surface area contributed by atoms with E-state index in [1.165, 1.54) is 0 Å². The quantitative estimate of drug-likeness (QED) is 0.487. The fourth-order valence-corrected chi connectivity index (χ4v) is 0.970. The first-order valence-electron chi connectivity index (χ1n) is 4.91. The molecule has 0 aliphatic rings. The number of hydrogen-bond donors (Lipinski definition) is 0. The molecule has 0 aromatic rings. The number of rotatable bonds is 6. The summed E-state index contributed by atoms with van der Waals surface area (Å²) in [5.74, 6) is 0. The summed E-state index contributed by atoms with van der Waals surface area (Å²) in [7, 11) is 0. The van der Waals surface area contributed by atoms with Crippen molar-refractivity contribution >= 4 is 6.16 Å². The smallest absolute Gasteiger partial charge is 0.434 e. The lowest BCUT2D eigenvalue weighted by molar-refractivity contribution is 0.0262. The summed E-state index contributed by atoms with van der Waals surface area (Å²) < 4.78 is 9.68. The zero-order valence-electron chi connectivity index (χ0n) is 8.78. The van der Waals surface area contributed by atoms with Crippen molar-refractivity contribution < 1.29 is 14.3 Å². The Labute approximate surface area is 84.8 Å². The average Bonchev–Trinajstić information content (AvgIpc) is 2.13. The fraction of sp³-hybridized carbons (Fsp3) is 0.800. The molecule has 0 bridgehead atoms. The molecule has 0 saturated heterocycles. The Bertz CT molecular complexity index is 198. The first-order valence-corrected chi connectivity index (χ1v) is 4.91. The van der Waals surface area contributed by atoms with Crippen LogP contribution in [0.2, 0.25) is 0 Å². The Morgan fingerprint density at radius 1 is 1.57 bits per heavy atom. The average molecular weight is 199 g/mol. The summed E-state index contributed by atoms with van der Waals surface area (Å²) in [6.07, 6.45) is 2.05. The van der Waals surface area contributed by atoms with Gasteiger partial charge in [-0.25, -0.2) is 4.79 Å². The third-order valence-corrected chi connectivity index (χ3v) is 1.65. The van der Waals surface area contributed by atoms with E-state index in [2.05, 4.69) is 0 Å². The van der Waals surface area contributed by atoms with E-state index in [1.807, 2.05) is 19.9 Å². The monoisotopic (exact) mass is 199 g/mol. The minimum atomic E-state index is -0.635. The second-order valence-corrected chi connectivity index (χ2v) is 3.08. The Hall–Kier alpha value is -1.24. The summed E-state index contributed by atoms with van der Waals surface area (Å²) in [6.45, 7) is 4.11. The minimum Gasteiger partial charge on any atom is -0.434 e. The number of nitrogens with zero attached hydrogens (tertiary/aromatic N) is 1. The number of carbonyl (C=O) groups excluding carboxylic acids is 1. The molecule has 0 aromatic heterocycles. The van der Waals surface area contributed by atoms with Crippen LogP contribution in [0.4, 0.5) is 4.79 Å². The summed E-state index contributed by atoms with van der Waals surface area (Å²) in [5.41, 5.74) is 0. The third-order valence-electron chi connectivity index (χ3n) is 1.65. The lowest BCUT2D eigenvalue weighted by atomic mass is 10.2. The van der Waals surface area contributed by atoms with Gasteiger partial charge in [-0.05, 0) is 19.8 Å². The highest BCUT2D eigenvalue weighted by molar-refractivity contribution is 5.60. The Morgan fingerprint density at radius 2 is 2.29 bits per heavy atom. The van der Waals surface area contributed by atoms with Crippen molar-refractivity contribution in [3.63, 3.8) is 0 Å². The molecule has 0 aliphatic carbocycles. The van der Waals surface area contributed by atoms with Gasteiger partial charge in [-0.2, -0.15) is 5.26 Å². The summed E-state index contributed by atoms with van der Waals surface area (Å²) in [6, 6.07) is 1.97. The van der Waals surface area contributed by atoms with Crippen molar-refractivity contribution in [2.45, 2.75) is 45.6 Å². The van der Waals surface area contributed by atoms with Gasteiger partial charge in [-0.15, -0.1) is 0 Å². The third kappa shape index (κ3) is 7.41. The van der Waals surface area contributed by atoms with Gasteiger partial charge < -0.3 is 9.47 Å². The van der Waals surface area contributed by atoms with Gasteiger partial charge in [0.2, 0.25) is 0 Å². The molecular weight excluding hydrogens is 182 g/mol. The van der Waals surface area contributed by atoms with Crippen LogP contribution in [-0.4, -0.2) is 18.9 Å². The predicted molar refractivity (Wildman–Crippen MR) is 51.7 cm³/mol. The zero-order valence-corrected chi connectivity index (χ0v) is 8.78. The summed E-state index contributed by atoms with van der Waals surface area (Å²) >= 11 is 0. The van der Waals surface area contributed by atoms with E-state index in [0.717, 1.165) is 12.8 Å². The molecule has 14 heavy (non-hydrogen) atoms. The standard InChI is InChI=1S/C10H17NO3/c1-3-6-9(2)14-10(12)13-8-5-4-7-11/h9H,3-6,8H2,1-2H3. The summed E-state index contributed by atoms with van der Waals surface area (Å²) in [4.78, 5) is 11.0.